The lowest BCUT2D eigenvalue weighted by molar-refractivity contribution is 0.102. The molecule has 194 valence electrons. The molecule has 1 aliphatic rings. The molecule has 1 saturated heterocycles. The van der Waals surface area contributed by atoms with Crippen LogP contribution in [0.15, 0.2) is 42.5 Å². The number of nitrogens with one attached hydrogen (secondary N) is 4. The molecule has 0 atom stereocenters. The first-order valence-electron chi connectivity index (χ1n) is 12.8. The minimum atomic E-state index is -0.290. The Kier molecular flexibility index (Phi) is 6.00. The maximum atomic E-state index is 13.4. The number of carbonyl (C=O) groups is 1. The van der Waals surface area contributed by atoms with Crippen LogP contribution in [0.1, 0.15) is 33.0 Å². The number of nitrogens with zero attached hydrogens (tertiary/aromatic N) is 3. The number of rotatable bonds is 5. The Morgan fingerprint density at radius 1 is 0.842 bits per heavy atom. The molecular formula is C29H31N7O2. The second kappa shape index (κ2) is 9.50. The average Bonchev–Trinajstić information content (AvgIpc) is 3.37. The van der Waals surface area contributed by atoms with Crippen molar-refractivity contribution < 1.29 is 9.53 Å². The number of benzene rings is 2. The molecule has 1 amide bonds. The lowest BCUT2D eigenvalue weighted by Crippen LogP contribution is -2.37. The minimum Gasteiger partial charge on any atom is -0.378 e. The summed E-state index contributed by atoms with van der Waals surface area (Å²) in [6.45, 7) is 10.8. The molecule has 6 rings (SSSR count). The van der Waals surface area contributed by atoms with E-state index in [0.29, 0.717) is 43.8 Å². The summed E-state index contributed by atoms with van der Waals surface area (Å²) in [5.41, 5.74) is 8.69. The van der Waals surface area contributed by atoms with Gasteiger partial charge in [-0.3, -0.25) is 4.79 Å². The topological polar surface area (TPSA) is 111 Å². The van der Waals surface area contributed by atoms with Gasteiger partial charge in [-0.25, -0.2) is 4.98 Å². The van der Waals surface area contributed by atoms with Gasteiger partial charge in [0.15, 0.2) is 0 Å². The molecule has 0 saturated carbocycles. The van der Waals surface area contributed by atoms with Crippen LogP contribution in [-0.2, 0) is 4.74 Å². The van der Waals surface area contributed by atoms with Gasteiger partial charge in [0.25, 0.3) is 5.91 Å². The first kappa shape index (κ1) is 24.0. The number of hydrogen-bond donors (Lipinski definition) is 4. The van der Waals surface area contributed by atoms with E-state index in [1.54, 1.807) is 6.07 Å². The number of aromatic nitrogens is 4. The van der Waals surface area contributed by atoms with Crippen molar-refractivity contribution in [1.82, 2.24) is 19.9 Å². The van der Waals surface area contributed by atoms with Gasteiger partial charge in [0.2, 0.25) is 5.95 Å². The number of fused-ring (bicyclic) bond motifs is 2. The van der Waals surface area contributed by atoms with Crippen molar-refractivity contribution in [2.24, 2.45) is 0 Å². The third kappa shape index (κ3) is 4.45. The SMILES string of the molecule is Cc1[nH]c2ccc(NC(=O)c3cc(Nc4ccc5[nH]c(C)c(C)c5c4)nc(N4CCOCC4)n3)cc2c1C. The highest BCUT2D eigenvalue weighted by molar-refractivity contribution is 6.04. The number of carbonyl (C=O) groups excluding carboxylic acids is 1. The zero-order valence-electron chi connectivity index (χ0n) is 22.0. The summed E-state index contributed by atoms with van der Waals surface area (Å²) in [6.07, 6.45) is 0. The lowest BCUT2D eigenvalue weighted by Gasteiger charge is -2.27. The van der Waals surface area contributed by atoms with E-state index in [0.717, 1.165) is 44.6 Å². The highest BCUT2D eigenvalue weighted by atomic mass is 16.5. The van der Waals surface area contributed by atoms with Gasteiger partial charge >= 0.3 is 0 Å². The predicted molar refractivity (Wildman–Crippen MR) is 152 cm³/mol. The zero-order chi connectivity index (χ0) is 26.4. The Morgan fingerprint density at radius 2 is 1.45 bits per heavy atom. The van der Waals surface area contributed by atoms with Crippen LogP contribution in [0.2, 0.25) is 0 Å². The van der Waals surface area contributed by atoms with Crippen LogP contribution in [-0.4, -0.2) is 52.1 Å². The summed E-state index contributed by atoms with van der Waals surface area (Å²) in [7, 11) is 0. The van der Waals surface area contributed by atoms with E-state index in [9.17, 15) is 4.79 Å². The molecule has 0 bridgehead atoms. The Bertz CT molecular complexity index is 1680. The summed E-state index contributed by atoms with van der Waals surface area (Å²) < 4.78 is 5.51. The van der Waals surface area contributed by atoms with Crippen molar-refractivity contribution in [3.8, 4) is 0 Å². The van der Waals surface area contributed by atoms with E-state index in [-0.39, 0.29) is 5.91 Å². The van der Waals surface area contributed by atoms with E-state index in [1.165, 1.54) is 11.1 Å². The van der Waals surface area contributed by atoms with Crippen LogP contribution in [0.3, 0.4) is 0 Å². The molecule has 9 nitrogen and oxygen atoms in total. The van der Waals surface area contributed by atoms with Crippen molar-refractivity contribution in [2.75, 3.05) is 41.8 Å². The number of hydrogen-bond acceptors (Lipinski definition) is 6. The van der Waals surface area contributed by atoms with Crippen LogP contribution in [0.25, 0.3) is 21.8 Å². The molecule has 1 fully saturated rings. The lowest BCUT2D eigenvalue weighted by atomic mass is 10.1. The van der Waals surface area contributed by atoms with Gasteiger partial charge in [-0.2, -0.15) is 4.98 Å². The van der Waals surface area contributed by atoms with Gasteiger partial charge in [0.1, 0.15) is 11.5 Å². The Hall–Kier alpha value is -4.37. The van der Waals surface area contributed by atoms with Gasteiger partial charge in [0.05, 0.1) is 13.2 Å². The molecule has 0 unspecified atom stereocenters. The number of H-pyrrole nitrogens is 2. The molecule has 38 heavy (non-hydrogen) atoms. The molecule has 4 N–H and O–H groups in total. The van der Waals surface area contributed by atoms with Crippen LogP contribution in [0.4, 0.5) is 23.1 Å². The second-order valence-corrected chi connectivity index (χ2v) is 9.89. The van der Waals surface area contributed by atoms with Gasteiger partial charge in [-0.1, -0.05) is 0 Å². The van der Waals surface area contributed by atoms with Crippen LogP contribution in [0, 0.1) is 27.7 Å². The number of aryl methyl sites for hydroxylation is 4. The van der Waals surface area contributed by atoms with Crippen molar-refractivity contribution >= 4 is 50.9 Å². The summed E-state index contributed by atoms with van der Waals surface area (Å²) in [4.78, 5) is 31.6. The maximum absolute atomic E-state index is 13.4. The molecule has 1 aliphatic heterocycles. The van der Waals surface area contributed by atoms with Crippen LogP contribution in [0.5, 0.6) is 0 Å². The molecule has 0 aliphatic carbocycles. The van der Waals surface area contributed by atoms with E-state index >= 15 is 0 Å². The normalized spacial score (nSPS) is 13.8. The predicted octanol–water partition coefficient (Wildman–Crippen LogP) is 5.51. The average molecular weight is 510 g/mol. The molecule has 0 radical (unpaired) electrons. The van der Waals surface area contributed by atoms with Gasteiger partial charge in [0, 0.05) is 63.7 Å². The molecular weight excluding hydrogens is 478 g/mol. The molecule has 5 aromatic rings. The fourth-order valence-corrected chi connectivity index (χ4v) is 4.94. The third-order valence-corrected chi connectivity index (χ3v) is 7.39. The van der Waals surface area contributed by atoms with Crippen molar-refractivity contribution in [2.45, 2.75) is 27.7 Å². The maximum Gasteiger partial charge on any atom is 0.274 e. The van der Waals surface area contributed by atoms with Crippen LogP contribution >= 0.6 is 0 Å². The monoisotopic (exact) mass is 509 g/mol. The number of ether oxygens (including phenoxy) is 1. The fraction of sp³-hybridized carbons (Fsp3) is 0.276. The second-order valence-electron chi connectivity index (χ2n) is 9.89. The Labute approximate surface area is 220 Å². The van der Waals surface area contributed by atoms with E-state index in [2.05, 4.69) is 58.5 Å². The Balaban J connectivity index is 1.33. The zero-order valence-corrected chi connectivity index (χ0v) is 22.0. The summed E-state index contributed by atoms with van der Waals surface area (Å²) in [5.74, 6) is 0.774. The van der Waals surface area contributed by atoms with Gasteiger partial charge in [-0.15, -0.1) is 0 Å². The highest BCUT2D eigenvalue weighted by Gasteiger charge is 2.19. The number of anilines is 4. The number of aromatic amines is 2. The standard InChI is InChI=1S/C29H31N7O2/c1-16-18(3)30-24-7-5-20(13-22(16)24)32-27-15-26(34-29(35-27)36-9-11-38-12-10-36)28(37)33-21-6-8-25-23(14-21)17(2)19(4)31-25/h5-8,13-15,30-31H,9-12H2,1-4H3,(H,33,37)(H,32,34,35). The quantitative estimate of drug-likeness (QED) is 0.249. The molecule has 9 heteroatoms. The summed E-state index contributed by atoms with van der Waals surface area (Å²) >= 11 is 0. The van der Waals surface area contributed by atoms with Gasteiger partial charge < -0.3 is 30.2 Å². The number of amides is 1. The first-order chi connectivity index (χ1) is 18.4. The minimum absolute atomic E-state index is 0.290. The third-order valence-electron chi connectivity index (χ3n) is 7.39. The molecule has 0 spiro atoms. The molecule has 4 heterocycles. The summed E-state index contributed by atoms with van der Waals surface area (Å²) in [5, 5.41) is 8.66. The van der Waals surface area contributed by atoms with Crippen molar-refractivity contribution in [3.05, 3.63) is 70.7 Å². The summed E-state index contributed by atoms with van der Waals surface area (Å²) in [6, 6.07) is 13.7. The van der Waals surface area contributed by atoms with E-state index in [4.69, 9.17) is 9.72 Å². The smallest absolute Gasteiger partial charge is 0.274 e. The van der Waals surface area contributed by atoms with E-state index in [1.807, 2.05) is 36.1 Å². The van der Waals surface area contributed by atoms with Crippen molar-refractivity contribution in [1.29, 1.82) is 0 Å². The molecule has 3 aromatic heterocycles. The first-order valence-corrected chi connectivity index (χ1v) is 12.8. The van der Waals surface area contributed by atoms with Crippen molar-refractivity contribution in [3.63, 3.8) is 0 Å². The van der Waals surface area contributed by atoms with Crippen LogP contribution < -0.4 is 15.5 Å². The highest BCUT2D eigenvalue weighted by Crippen LogP contribution is 2.28. The van der Waals surface area contributed by atoms with E-state index < -0.39 is 0 Å². The van der Waals surface area contributed by atoms with Gasteiger partial charge in [-0.05, 0) is 75.2 Å². The Morgan fingerprint density at radius 3 is 2.11 bits per heavy atom. The fourth-order valence-electron chi connectivity index (χ4n) is 4.94. The largest absolute Gasteiger partial charge is 0.378 e. The number of morpholine rings is 1. The molecule has 2 aromatic carbocycles.